The molecule has 1 heterocycles. The van der Waals surface area contributed by atoms with Crippen molar-refractivity contribution >= 4 is 17.3 Å². The van der Waals surface area contributed by atoms with Crippen LogP contribution in [0.4, 0.5) is 5.69 Å². The topological polar surface area (TPSA) is 15.3 Å². The molecule has 2 nitrogen and oxygen atoms in total. The molecule has 0 amide bonds. The predicted octanol–water partition coefficient (Wildman–Crippen LogP) is 4.36. The van der Waals surface area contributed by atoms with Crippen molar-refractivity contribution in [3.8, 4) is 0 Å². The van der Waals surface area contributed by atoms with Crippen LogP contribution in [0.3, 0.4) is 0 Å². The van der Waals surface area contributed by atoms with Crippen molar-refractivity contribution in [3.63, 3.8) is 0 Å². The highest BCUT2D eigenvalue weighted by Gasteiger charge is 2.22. The smallest absolute Gasteiger partial charge is 0.0643 e. The predicted molar refractivity (Wildman–Crippen MR) is 89.8 cm³/mol. The van der Waals surface area contributed by atoms with E-state index in [-0.39, 0.29) is 0 Å². The van der Waals surface area contributed by atoms with Crippen LogP contribution in [0.1, 0.15) is 30.0 Å². The van der Waals surface area contributed by atoms with Gasteiger partial charge in [-0.1, -0.05) is 54.9 Å². The first-order chi connectivity index (χ1) is 10.3. The maximum Gasteiger partial charge on any atom is 0.0643 e. The molecule has 0 atom stereocenters. The van der Waals surface area contributed by atoms with Gasteiger partial charge in [-0.25, -0.2) is 0 Å². The Morgan fingerprint density at radius 1 is 1.05 bits per heavy atom. The second-order valence-electron chi connectivity index (χ2n) is 5.55. The summed E-state index contributed by atoms with van der Waals surface area (Å²) in [6.07, 6.45) is 1.14. The molecule has 1 aliphatic rings. The monoisotopic (exact) mass is 300 g/mol. The molecule has 1 aliphatic heterocycles. The van der Waals surface area contributed by atoms with E-state index in [1.807, 2.05) is 12.1 Å². The van der Waals surface area contributed by atoms with Crippen molar-refractivity contribution in [1.29, 1.82) is 0 Å². The van der Waals surface area contributed by atoms with Crippen molar-refractivity contribution < 1.29 is 0 Å². The minimum absolute atomic E-state index is 0.846. The Morgan fingerprint density at radius 2 is 1.76 bits per heavy atom. The number of nitrogens with zero attached hydrogens (tertiary/aromatic N) is 1. The highest BCUT2D eigenvalue weighted by Crippen LogP contribution is 2.35. The molecule has 21 heavy (non-hydrogen) atoms. The van der Waals surface area contributed by atoms with Crippen molar-refractivity contribution in [2.45, 2.75) is 33.0 Å². The molecular formula is C18H21ClN2. The van der Waals surface area contributed by atoms with Gasteiger partial charge in [-0.3, -0.25) is 0 Å². The van der Waals surface area contributed by atoms with E-state index in [9.17, 15) is 0 Å². The van der Waals surface area contributed by atoms with Crippen molar-refractivity contribution in [3.05, 3.63) is 64.2 Å². The maximum atomic E-state index is 6.50. The molecule has 3 heteroatoms. The maximum absolute atomic E-state index is 6.50. The second-order valence-corrected chi connectivity index (χ2v) is 5.96. The highest BCUT2D eigenvalue weighted by molar-refractivity contribution is 6.33. The first-order valence-electron chi connectivity index (χ1n) is 7.59. The van der Waals surface area contributed by atoms with Gasteiger partial charge in [-0.2, -0.15) is 0 Å². The quantitative estimate of drug-likeness (QED) is 0.825. The van der Waals surface area contributed by atoms with Gasteiger partial charge in [0.25, 0.3) is 0 Å². The first kappa shape index (κ1) is 14.4. The molecule has 0 bridgehead atoms. The summed E-state index contributed by atoms with van der Waals surface area (Å²) >= 11 is 6.50. The van der Waals surface area contributed by atoms with Crippen LogP contribution in [0, 0.1) is 0 Å². The molecule has 3 rings (SSSR count). The number of fused-ring (bicyclic) bond motifs is 1. The normalized spacial score (nSPS) is 13.5. The molecule has 0 aromatic heterocycles. The van der Waals surface area contributed by atoms with Crippen LogP contribution in [0.25, 0.3) is 0 Å². The van der Waals surface area contributed by atoms with E-state index < -0.39 is 0 Å². The van der Waals surface area contributed by atoms with E-state index in [4.69, 9.17) is 11.6 Å². The summed E-state index contributed by atoms with van der Waals surface area (Å²) in [5.41, 5.74) is 5.28. The molecule has 1 N–H and O–H groups in total. The van der Waals surface area contributed by atoms with Crippen molar-refractivity contribution in [1.82, 2.24) is 5.32 Å². The van der Waals surface area contributed by atoms with Gasteiger partial charge in [0, 0.05) is 19.6 Å². The number of anilines is 1. The van der Waals surface area contributed by atoms with Gasteiger partial charge < -0.3 is 10.2 Å². The van der Waals surface area contributed by atoms with Gasteiger partial charge in [-0.15, -0.1) is 0 Å². The van der Waals surface area contributed by atoms with E-state index in [1.54, 1.807) is 0 Å². The van der Waals surface area contributed by atoms with E-state index in [2.05, 4.69) is 47.5 Å². The summed E-state index contributed by atoms with van der Waals surface area (Å²) in [6.45, 7) is 5.98. The average molecular weight is 301 g/mol. The number of para-hydroxylation sites is 1. The fourth-order valence-electron chi connectivity index (χ4n) is 2.95. The van der Waals surface area contributed by atoms with Crippen molar-refractivity contribution in [2.75, 3.05) is 11.4 Å². The van der Waals surface area contributed by atoms with Crippen LogP contribution in [-0.4, -0.2) is 6.54 Å². The van der Waals surface area contributed by atoms with Gasteiger partial charge in [0.05, 0.1) is 10.7 Å². The Labute approximate surface area is 131 Å². The van der Waals surface area contributed by atoms with Crippen LogP contribution >= 0.6 is 11.6 Å². The number of benzene rings is 2. The Balaban J connectivity index is 1.85. The molecule has 0 saturated heterocycles. The third-order valence-corrected chi connectivity index (χ3v) is 4.27. The molecule has 0 radical (unpaired) electrons. The summed E-state index contributed by atoms with van der Waals surface area (Å²) in [5.74, 6) is 0. The Hall–Kier alpha value is -1.51. The summed E-state index contributed by atoms with van der Waals surface area (Å²) in [5, 5.41) is 4.32. The molecule has 0 spiro atoms. The van der Waals surface area contributed by atoms with E-state index >= 15 is 0 Å². The van der Waals surface area contributed by atoms with Crippen LogP contribution in [0.15, 0.2) is 42.5 Å². The molecular weight excluding hydrogens is 280 g/mol. The molecule has 110 valence electrons. The Kier molecular flexibility index (Phi) is 4.47. The minimum Gasteiger partial charge on any atom is -0.361 e. The summed E-state index contributed by atoms with van der Waals surface area (Å²) in [7, 11) is 0. The zero-order valence-corrected chi connectivity index (χ0v) is 13.2. The fraction of sp³-hybridized carbons (Fsp3) is 0.333. The lowest BCUT2D eigenvalue weighted by Crippen LogP contribution is -2.20. The average Bonchev–Trinajstić information content (AvgIpc) is 2.91. The summed E-state index contributed by atoms with van der Waals surface area (Å²) in [6, 6.07) is 14.8. The molecule has 0 fully saturated rings. The van der Waals surface area contributed by atoms with Gasteiger partial charge in [0.2, 0.25) is 0 Å². The second kappa shape index (κ2) is 6.50. The Morgan fingerprint density at radius 3 is 2.43 bits per heavy atom. The standard InChI is InChI=1S/C18H21ClN2/c1-2-10-20-11-14-8-5-9-17(19)18(14)21-12-15-6-3-4-7-16(15)13-21/h3-9,20H,2,10-13H2,1H3. The third-order valence-electron chi connectivity index (χ3n) is 3.97. The summed E-state index contributed by atoms with van der Waals surface area (Å²) in [4.78, 5) is 2.38. The van der Waals surface area contributed by atoms with Crippen molar-refractivity contribution in [2.24, 2.45) is 0 Å². The largest absolute Gasteiger partial charge is 0.361 e. The van der Waals surface area contributed by atoms with Crippen LogP contribution in [0.5, 0.6) is 0 Å². The Bertz CT molecular complexity index is 599. The number of nitrogens with one attached hydrogen (secondary N) is 1. The molecule has 0 unspecified atom stereocenters. The lowest BCUT2D eigenvalue weighted by atomic mass is 10.1. The SMILES string of the molecule is CCCNCc1cccc(Cl)c1N1Cc2ccccc2C1. The van der Waals surface area contributed by atoms with Crippen LogP contribution < -0.4 is 10.2 Å². The molecule has 0 aliphatic carbocycles. The molecule has 0 saturated carbocycles. The fourth-order valence-corrected chi connectivity index (χ4v) is 3.26. The third kappa shape index (κ3) is 3.07. The molecule has 2 aromatic rings. The molecule has 2 aromatic carbocycles. The van der Waals surface area contributed by atoms with E-state index in [1.165, 1.54) is 22.4 Å². The van der Waals surface area contributed by atoms with Crippen LogP contribution in [0.2, 0.25) is 5.02 Å². The number of rotatable bonds is 5. The van der Waals surface area contributed by atoms with Gasteiger partial charge >= 0.3 is 0 Å². The number of hydrogen-bond acceptors (Lipinski definition) is 2. The van der Waals surface area contributed by atoms with E-state index in [0.717, 1.165) is 37.6 Å². The number of halogens is 1. The lowest BCUT2D eigenvalue weighted by molar-refractivity contribution is 0.673. The lowest BCUT2D eigenvalue weighted by Gasteiger charge is -2.23. The summed E-state index contributed by atoms with van der Waals surface area (Å²) < 4.78 is 0. The van der Waals surface area contributed by atoms with Crippen LogP contribution in [-0.2, 0) is 19.6 Å². The first-order valence-corrected chi connectivity index (χ1v) is 7.97. The highest BCUT2D eigenvalue weighted by atomic mass is 35.5. The van der Waals surface area contributed by atoms with E-state index in [0.29, 0.717) is 0 Å². The van der Waals surface area contributed by atoms with Gasteiger partial charge in [-0.05, 0) is 35.7 Å². The zero-order valence-electron chi connectivity index (χ0n) is 12.4. The number of hydrogen-bond donors (Lipinski definition) is 1. The zero-order chi connectivity index (χ0) is 14.7. The van der Waals surface area contributed by atoms with Gasteiger partial charge in [0.1, 0.15) is 0 Å². The minimum atomic E-state index is 0.846. The van der Waals surface area contributed by atoms with Gasteiger partial charge in [0.15, 0.2) is 0 Å².